The van der Waals surface area contributed by atoms with Crippen molar-refractivity contribution in [3.05, 3.63) is 29.3 Å². The van der Waals surface area contributed by atoms with Crippen molar-refractivity contribution in [3.63, 3.8) is 0 Å². The molecule has 0 aromatic heterocycles. The summed E-state index contributed by atoms with van der Waals surface area (Å²) in [6, 6.07) is 7.19. The Hall–Kier alpha value is -1.79. The van der Waals surface area contributed by atoms with Crippen molar-refractivity contribution >= 4 is 5.96 Å². The molecule has 0 spiro atoms. The van der Waals surface area contributed by atoms with Crippen LogP contribution in [0.25, 0.3) is 0 Å². The predicted molar refractivity (Wildman–Crippen MR) is 119 cm³/mol. The van der Waals surface area contributed by atoms with Gasteiger partial charge in [-0.05, 0) is 50.2 Å². The first-order valence-electron chi connectivity index (χ1n) is 11.1. The SMILES string of the molecule is CN=C(NCCN(CC1CC1)C1CC1)NCc1ccc(C)cc1OCCCOC. The molecule has 6 nitrogen and oxygen atoms in total. The van der Waals surface area contributed by atoms with Crippen LogP contribution in [0.2, 0.25) is 0 Å². The molecule has 0 amide bonds. The average molecular weight is 403 g/mol. The quantitative estimate of drug-likeness (QED) is 0.302. The van der Waals surface area contributed by atoms with Crippen LogP contribution in [-0.2, 0) is 11.3 Å². The van der Waals surface area contributed by atoms with E-state index in [2.05, 4.69) is 45.6 Å². The number of rotatable bonds is 13. The highest BCUT2D eigenvalue weighted by Crippen LogP contribution is 2.34. The molecular weight excluding hydrogens is 364 g/mol. The van der Waals surface area contributed by atoms with E-state index in [1.807, 2.05) is 7.05 Å². The molecule has 0 heterocycles. The molecule has 3 rings (SSSR count). The van der Waals surface area contributed by atoms with Gasteiger partial charge in [-0.25, -0.2) is 0 Å². The lowest BCUT2D eigenvalue weighted by Gasteiger charge is -2.22. The molecule has 0 bridgehead atoms. The number of nitrogens with one attached hydrogen (secondary N) is 2. The number of benzene rings is 1. The van der Waals surface area contributed by atoms with Gasteiger partial charge < -0.3 is 20.1 Å². The van der Waals surface area contributed by atoms with Gasteiger partial charge in [0.05, 0.1) is 6.61 Å². The maximum atomic E-state index is 5.99. The number of aliphatic imine (C=N–C) groups is 1. The molecule has 2 aliphatic rings. The van der Waals surface area contributed by atoms with Crippen molar-refractivity contribution in [2.45, 2.75) is 51.6 Å². The molecule has 2 aliphatic carbocycles. The topological polar surface area (TPSA) is 58.1 Å². The van der Waals surface area contributed by atoms with Gasteiger partial charge in [0.25, 0.3) is 0 Å². The molecule has 0 unspecified atom stereocenters. The molecule has 1 aromatic rings. The molecule has 2 saturated carbocycles. The Labute approximate surface area is 176 Å². The first-order valence-corrected chi connectivity index (χ1v) is 11.1. The normalized spacial score (nSPS) is 16.9. The molecule has 6 heteroatoms. The van der Waals surface area contributed by atoms with Gasteiger partial charge in [-0.2, -0.15) is 0 Å². The lowest BCUT2D eigenvalue weighted by atomic mass is 10.1. The van der Waals surface area contributed by atoms with Gasteiger partial charge in [-0.1, -0.05) is 12.1 Å². The van der Waals surface area contributed by atoms with Crippen LogP contribution in [0.3, 0.4) is 0 Å². The number of nitrogens with zero attached hydrogens (tertiary/aromatic N) is 2. The van der Waals surface area contributed by atoms with Crippen LogP contribution in [0, 0.1) is 12.8 Å². The van der Waals surface area contributed by atoms with Gasteiger partial charge in [0.2, 0.25) is 0 Å². The molecule has 162 valence electrons. The highest BCUT2D eigenvalue weighted by molar-refractivity contribution is 5.79. The number of hydrogen-bond donors (Lipinski definition) is 2. The summed E-state index contributed by atoms with van der Waals surface area (Å²) in [4.78, 5) is 7.06. The van der Waals surface area contributed by atoms with E-state index in [0.29, 0.717) is 19.8 Å². The van der Waals surface area contributed by atoms with Crippen LogP contribution in [0.1, 0.15) is 43.2 Å². The van der Waals surface area contributed by atoms with Crippen LogP contribution in [0.4, 0.5) is 0 Å². The van der Waals surface area contributed by atoms with Crippen molar-refractivity contribution in [2.75, 3.05) is 47.0 Å². The molecular formula is C23H38N4O2. The van der Waals surface area contributed by atoms with Crippen molar-refractivity contribution in [1.29, 1.82) is 0 Å². The minimum absolute atomic E-state index is 0.662. The number of ether oxygens (including phenoxy) is 2. The summed E-state index contributed by atoms with van der Waals surface area (Å²) in [7, 11) is 3.55. The summed E-state index contributed by atoms with van der Waals surface area (Å²) in [6.45, 7) is 7.47. The Morgan fingerprint density at radius 3 is 2.69 bits per heavy atom. The van der Waals surface area contributed by atoms with E-state index in [1.165, 1.54) is 37.8 Å². The summed E-state index contributed by atoms with van der Waals surface area (Å²) in [6.07, 6.45) is 6.48. The van der Waals surface area contributed by atoms with Gasteiger partial charge in [0.15, 0.2) is 5.96 Å². The highest BCUT2D eigenvalue weighted by atomic mass is 16.5. The molecule has 0 aliphatic heterocycles. The molecule has 29 heavy (non-hydrogen) atoms. The Morgan fingerprint density at radius 2 is 2.00 bits per heavy atom. The molecule has 2 fully saturated rings. The second-order valence-corrected chi connectivity index (χ2v) is 8.33. The van der Waals surface area contributed by atoms with E-state index in [4.69, 9.17) is 9.47 Å². The van der Waals surface area contributed by atoms with Gasteiger partial charge in [0, 0.05) is 65.0 Å². The predicted octanol–water partition coefficient (Wildman–Crippen LogP) is 2.95. The van der Waals surface area contributed by atoms with Crippen molar-refractivity contribution in [2.24, 2.45) is 10.9 Å². The zero-order valence-electron chi connectivity index (χ0n) is 18.4. The van der Waals surface area contributed by atoms with Crippen molar-refractivity contribution in [3.8, 4) is 5.75 Å². The van der Waals surface area contributed by atoms with E-state index >= 15 is 0 Å². The first kappa shape index (κ1) is 21.9. The van der Waals surface area contributed by atoms with E-state index in [-0.39, 0.29) is 0 Å². The first-order chi connectivity index (χ1) is 14.2. The molecule has 0 atom stereocenters. The van der Waals surface area contributed by atoms with Gasteiger partial charge in [-0.15, -0.1) is 0 Å². The monoisotopic (exact) mass is 402 g/mol. The summed E-state index contributed by atoms with van der Waals surface area (Å²) in [5, 5.41) is 6.91. The smallest absolute Gasteiger partial charge is 0.191 e. The van der Waals surface area contributed by atoms with E-state index in [1.54, 1.807) is 7.11 Å². The fraction of sp³-hybridized carbons (Fsp3) is 0.696. The third-order valence-electron chi connectivity index (χ3n) is 5.59. The lowest BCUT2D eigenvalue weighted by molar-refractivity contribution is 0.171. The van der Waals surface area contributed by atoms with E-state index in [0.717, 1.165) is 48.7 Å². The fourth-order valence-corrected chi connectivity index (χ4v) is 3.54. The Kier molecular flexibility index (Phi) is 8.62. The second-order valence-electron chi connectivity index (χ2n) is 8.33. The Morgan fingerprint density at radius 1 is 1.17 bits per heavy atom. The zero-order valence-corrected chi connectivity index (χ0v) is 18.4. The number of aryl methyl sites for hydroxylation is 1. The standard InChI is InChI=1S/C23H38N4O2/c1-18-5-8-20(22(15-18)29-14-4-13-28-3)16-26-23(24-2)25-11-12-27(21-9-10-21)17-19-6-7-19/h5,8,15,19,21H,4,6-7,9-14,16-17H2,1-3H3,(H2,24,25,26). The number of methoxy groups -OCH3 is 1. The van der Waals surface area contributed by atoms with Gasteiger partial charge in [0.1, 0.15) is 5.75 Å². The molecule has 1 aromatic carbocycles. The molecule has 2 N–H and O–H groups in total. The Balaban J connectivity index is 1.43. The van der Waals surface area contributed by atoms with Gasteiger partial charge >= 0.3 is 0 Å². The third-order valence-corrected chi connectivity index (χ3v) is 5.59. The number of hydrogen-bond acceptors (Lipinski definition) is 4. The highest BCUT2D eigenvalue weighted by Gasteiger charge is 2.33. The Bertz CT molecular complexity index is 656. The maximum Gasteiger partial charge on any atom is 0.191 e. The van der Waals surface area contributed by atoms with Crippen LogP contribution >= 0.6 is 0 Å². The molecule has 0 saturated heterocycles. The second kappa shape index (κ2) is 11.4. The summed E-state index contributed by atoms with van der Waals surface area (Å²) >= 11 is 0. The maximum absolute atomic E-state index is 5.99. The fourth-order valence-electron chi connectivity index (χ4n) is 3.54. The van der Waals surface area contributed by atoms with Crippen molar-refractivity contribution < 1.29 is 9.47 Å². The van der Waals surface area contributed by atoms with Crippen LogP contribution < -0.4 is 15.4 Å². The summed E-state index contributed by atoms with van der Waals surface area (Å²) in [5.41, 5.74) is 2.35. The summed E-state index contributed by atoms with van der Waals surface area (Å²) < 4.78 is 11.1. The van der Waals surface area contributed by atoms with Gasteiger partial charge in [-0.3, -0.25) is 9.89 Å². The van der Waals surface area contributed by atoms with Crippen molar-refractivity contribution in [1.82, 2.24) is 15.5 Å². The zero-order chi connectivity index (χ0) is 20.5. The average Bonchev–Trinajstić information content (AvgIpc) is 3.62. The minimum Gasteiger partial charge on any atom is -0.493 e. The van der Waals surface area contributed by atoms with Crippen LogP contribution in [0.15, 0.2) is 23.2 Å². The minimum atomic E-state index is 0.662. The largest absolute Gasteiger partial charge is 0.493 e. The lowest BCUT2D eigenvalue weighted by Crippen LogP contribution is -2.42. The van der Waals surface area contributed by atoms with E-state index in [9.17, 15) is 0 Å². The molecule has 0 radical (unpaired) electrons. The van der Waals surface area contributed by atoms with Crippen LogP contribution in [0.5, 0.6) is 5.75 Å². The van der Waals surface area contributed by atoms with Crippen LogP contribution in [-0.4, -0.2) is 63.9 Å². The number of guanidine groups is 1. The van der Waals surface area contributed by atoms with E-state index < -0.39 is 0 Å². The third kappa shape index (κ3) is 7.86. The summed E-state index contributed by atoms with van der Waals surface area (Å²) in [5.74, 6) is 2.74.